The molecular weight excluding hydrogens is 440 g/mol. The molecule has 4 aliphatic rings. The summed E-state index contributed by atoms with van der Waals surface area (Å²) in [5, 5.41) is 3.67. The van der Waals surface area contributed by atoms with Crippen LogP contribution in [0.1, 0.15) is 91.9 Å². The Morgan fingerprint density at radius 1 is 1.06 bits per heavy atom. The van der Waals surface area contributed by atoms with Crippen molar-refractivity contribution in [1.29, 1.82) is 0 Å². The molecule has 0 aliphatic heterocycles. The minimum absolute atomic E-state index is 0.0394. The second-order valence-corrected chi connectivity index (χ2v) is 12.9. The summed E-state index contributed by atoms with van der Waals surface area (Å²) < 4.78 is 11.1. The van der Waals surface area contributed by atoms with Gasteiger partial charge in [-0.05, 0) is 98.2 Å². The Hall–Kier alpha value is -1.14. The normalized spacial score (nSPS) is 43.4. The fourth-order valence-electron chi connectivity index (χ4n) is 9.63. The van der Waals surface area contributed by atoms with Crippen molar-refractivity contribution in [2.45, 2.75) is 104 Å². The van der Waals surface area contributed by atoms with Crippen molar-refractivity contribution in [3.05, 3.63) is 0 Å². The molecule has 0 amide bonds. The molecular formula is C29H50N2O4. The van der Waals surface area contributed by atoms with Gasteiger partial charge >= 0.3 is 11.9 Å². The van der Waals surface area contributed by atoms with E-state index in [9.17, 15) is 9.59 Å². The first-order valence-corrected chi connectivity index (χ1v) is 14.3. The van der Waals surface area contributed by atoms with Gasteiger partial charge in [0, 0.05) is 38.4 Å². The summed E-state index contributed by atoms with van der Waals surface area (Å²) in [7, 11) is 1.48. The van der Waals surface area contributed by atoms with Gasteiger partial charge in [-0.15, -0.1) is 0 Å². The van der Waals surface area contributed by atoms with Gasteiger partial charge in [-0.2, -0.15) is 0 Å². The molecule has 35 heavy (non-hydrogen) atoms. The van der Waals surface area contributed by atoms with Crippen LogP contribution in [0.4, 0.5) is 0 Å². The van der Waals surface area contributed by atoms with Crippen molar-refractivity contribution in [2.24, 2.45) is 52.1 Å². The van der Waals surface area contributed by atoms with Gasteiger partial charge in [0.15, 0.2) is 0 Å². The summed E-state index contributed by atoms with van der Waals surface area (Å²) in [5.41, 5.74) is 6.35. The van der Waals surface area contributed by atoms with Crippen LogP contribution in [0.5, 0.6) is 0 Å². The Kier molecular flexibility index (Phi) is 8.22. The predicted molar refractivity (Wildman–Crippen MR) is 137 cm³/mol. The topological polar surface area (TPSA) is 90.6 Å². The number of fused-ring (bicyclic) bond motifs is 5. The molecule has 0 saturated heterocycles. The summed E-state index contributed by atoms with van der Waals surface area (Å²) in [6, 6.07) is 0.534. The number of carbonyl (C=O) groups excluding carboxylic acids is 2. The zero-order valence-electron chi connectivity index (χ0n) is 22.8. The number of rotatable bonds is 8. The number of hydrogen-bond acceptors (Lipinski definition) is 6. The Morgan fingerprint density at radius 3 is 2.46 bits per heavy atom. The Labute approximate surface area is 212 Å². The van der Waals surface area contributed by atoms with E-state index in [0.29, 0.717) is 59.9 Å². The second-order valence-electron chi connectivity index (χ2n) is 12.9. The summed E-state index contributed by atoms with van der Waals surface area (Å²) in [6.07, 6.45) is 11.1. The highest BCUT2D eigenvalue weighted by atomic mass is 16.5. The number of esters is 2. The SMILES string of the molecule is COC(=O)CCC(C)C1CCC2C3C(OC(C)=O)CC4CC(NCCN)CCC4(C)C3CCC12C. The number of nitrogens with one attached hydrogen (secondary N) is 1. The van der Waals surface area contributed by atoms with Crippen molar-refractivity contribution >= 4 is 11.9 Å². The van der Waals surface area contributed by atoms with Crippen LogP contribution >= 0.6 is 0 Å². The average molecular weight is 491 g/mol. The standard InChI is InChI=1S/C29H50N2O4/c1-18(6-9-26(33)34-5)22-7-8-23-27-24(11-13-29(22,23)4)28(3)12-10-21(31-15-14-30)16-20(28)17-25(27)35-19(2)32/h18,20-25,27,31H,6-17,30H2,1-5H3. The van der Waals surface area contributed by atoms with Crippen LogP contribution in [0.3, 0.4) is 0 Å². The fraction of sp³-hybridized carbons (Fsp3) is 0.931. The number of carbonyl (C=O) groups is 2. The third-order valence-corrected chi connectivity index (χ3v) is 11.3. The van der Waals surface area contributed by atoms with E-state index < -0.39 is 0 Å². The zero-order chi connectivity index (χ0) is 25.4. The van der Waals surface area contributed by atoms with Crippen molar-refractivity contribution in [1.82, 2.24) is 5.32 Å². The van der Waals surface area contributed by atoms with Crippen LogP contribution < -0.4 is 11.1 Å². The molecule has 0 aromatic rings. The van der Waals surface area contributed by atoms with Crippen LogP contribution in [0.25, 0.3) is 0 Å². The van der Waals surface area contributed by atoms with Crippen LogP contribution in [0, 0.1) is 46.3 Å². The molecule has 4 saturated carbocycles. The van der Waals surface area contributed by atoms with E-state index in [-0.39, 0.29) is 23.5 Å². The molecule has 4 rings (SSSR count). The zero-order valence-corrected chi connectivity index (χ0v) is 22.8. The molecule has 0 spiro atoms. The number of methoxy groups -OCH3 is 1. The molecule has 0 bridgehead atoms. The number of nitrogens with two attached hydrogens (primary N) is 1. The van der Waals surface area contributed by atoms with E-state index in [0.717, 1.165) is 19.4 Å². The van der Waals surface area contributed by atoms with Gasteiger partial charge in [0.1, 0.15) is 6.10 Å². The van der Waals surface area contributed by atoms with E-state index in [4.69, 9.17) is 15.2 Å². The quantitative estimate of drug-likeness (QED) is 0.480. The second kappa shape index (κ2) is 10.7. The lowest BCUT2D eigenvalue weighted by molar-refractivity contribution is -0.190. The van der Waals surface area contributed by atoms with Gasteiger partial charge in [-0.1, -0.05) is 20.8 Å². The van der Waals surface area contributed by atoms with Crippen molar-refractivity contribution in [2.75, 3.05) is 20.2 Å². The average Bonchev–Trinajstić information content (AvgIpc) is 3.18. The maximum Gasteiger partial charge on any atom is 0.305 e. The molecule has 0 heterocycles. The lowest BCUT2D eigenvalue weighted by Crippen LogP contribution is -2.60. The van der Waals surface area contributed by atoms with E-state index in [1.54, 1.807) is 6.92 Å². The molecule has 200 valence electrons. The summed E-state index contributed by atoms with van der Waals surface area (Å²) in [4.78, 5) is 24.1. The van der Waals surface area contributed by atoms with Crippen LogP contribution in [-0.2, 0) is 19.1 Å². The Balaban J connectivity index is 1.56. The van der Waals surface area contributed by atoms with E-state index in [1.165, 1.54) is 52.1 Å². The first kappa shape index (κ1) is 26.9. The molecule has 10 unspecified atom stereocenters. The molecule has 4 fully saturated rings. The molecule has 0 radical (unpaired) electrons. The van der Waals surface area contributed by atoms with Crippen LogP contribution in [0.15, 0.2) is 0 Å². The molecule has 3 N–H and O–H groups in total. The third-order valence-electron chi connectivity index (χ3n) is 11.3. The van der Waals surface area contributed by atoms with E-state index in [1.807, 2.05) is 0 Å². The van der Waals surface area contributed by atoms with Crippen LogP contribution in [-0.4, -0.2) is 44.3 Å². The van der Waals surface area contributed by atoms with E-state index in [2.05, 4.69) is 26.1 Å². The maximum absolute atomic E-state index is 12.3. The highest BCUT2D eigenvalue weighted by molar-refractivity contribution is 5.69. The van der Waals surface area contributed by atoms with Gasteiger partial charge in [0.2, 0.25) is 0 Å². The fourth-order valence-corrected chi connectivity index (χ4v) is 9.63. The number of ether oxygens (including phenoxy) is 2. The van der Waals surface area contributed by atoms with E-state index >= 15 is 0 Å². The van der Waals surface area contributed by atoms with Gasteiger partial charge in [0.25, 0.3) is 0 Å². The smallest absolute Gasteiger partial charge is 0.305 e. The molecule has 0 aromatic carbocycles. The van der Waals surface area contributed by atoms with Crippen molar-refractivity contribution in [3.63, 3.8) is 0 Å². The minimum atomic E-state index is -0.126. The van der Waals surface area contributed by atoms with Crippen molar-refractivity contribution < 1.29 is 19.1 Å². The third kappa shape index (κ3) is 5.03. The molecule has 10 atom stereocenters. The summed E-state index contributed by atoms with van der Waals surface area (Å²) >= 11 is 0. The Morgan fingerprint density at radius 2 is 1.77 bits per heavy atom. The summed E-state index contributed by atoms with van der Waals surface area (Å²) in [6.45, 7) is 10.6. The van der Waals surface area contributed by atoms with Crippen molar-refractivity contribution in [3.8, 4) is 0 Å². The molecule has 6 nitrogen and oxygen atoms in total. The van der Waals surface area contributed by atoms with Gasteiger partial charge in [0.05, 0.1) is 7.11 Å². The van der Waals surface area contributed by atoms with Crippen LogP contribution in [0.2, 0.25) is 0 Å². The lowest BCUT2D eigenvalue weighted by atomic mass is 9.43. The van der Waals surface area contributed by atoms with Gasteiger partial charge in [-0.3, -0.25) is 9.59 Å². The first-order chi connectivity index (χ1) is 16.6. The molecule has 0 aromatic heterocycles. The summed E-state index contributed by atoms with van der Waals surface area (Å²) in [5.74, 6) is 3.19. The Bertz CT molecular complexity index is 774. The maximum atomic E-state index is 12.3. The minimum Gasteiger partial charge on any atom is -0.469 e. The van der Waals surface area contributed by atoms with Gasteiger partial charge < -0.3 is 20.5 Å². The lowest BCUT2D eigenvalue weighted by Gasteiger charge is -2.63. The highest BCUT2D eigenvalue weighted by Crippen LogP contribution is 2.68. The largest absolute Gasteiger partial charge is 0.469 e. The monoisotopic (exact) mass is 490 g/mol. The number of hydrogen-bond donors (Lipinski definition) is 2. The predicted octanol–water partition coefficient (Wildman–Crippen LogP) is 4.69. The molecule has 6 heteroatoms. The van der Waals surface area contributed by atoms with Gasteiger partial charge in [-0.25, -0.2) is 0 Å². The first-order valence-electron chi connectivity index (χ1n) is 14.3. The highest BCUT2D eigenvalue weighted by Gasteiger charge is 2.63. The molecule has 4 aliphatic carbocycles.